The molecule has 0 saturated heterocycles. The van der Waals surface area contributed by atoms with Crippen LogP contribution in [0, 0.1) is 11.8 Å². The van der Waals surface area contributed by atoms with Crippen molar-refractivity contribution < 1.29 is 18.6 Å². The van der Waals surface area contributed by atoms with Gasteiger partial charge in [-0.3, -0.25) is 0 Å². The van der Waals surface area contributed by atoms with E-state index in [2.05, 4.69) is 21.8 Å². The molecule has 0 saturated carbocycles. The molecule has 0 radical (unpaired) electrons. The van der Waals surface area contributed by atoms with Gasteiger partial charge in [-0.15, -0.1) is 0 Å². The van der Waals surface area contributed by atoms with E-state index < -0.39 is 18.1 Å². The molecule has 0 spiro atoms. The van der Waals surface area contributed by atoms with E-state index in [4.69, 9.17) is 4.74 Å². The second kappa shape index (κ2) is 8.68. The molecule has 6 heteroatoms. The van der Waals surface area contributed by atoms with Crippen LogP contribution in [0.5, 0.6) is 5.75 Å². The molecule has 3 aromatic carbocycles. The maximum absolute atomic E-state index is 12.9. The first-order chi connectivity index (χ1) is 15.6. The molecule has 4 nitrogen and oxygen atoms in total. The molecular weight excluding hydrogens is 422 g/mol. The van der Waals surface area contributed by atoms with E-state index in [1.54, 1.807) is 38.1 Å². The Morgan fingerprint density at radius 1 is 0.970 bits per heavy atom. The Hall–Kier alpha value is -3.69. The monoisotopic (exact) mass is 446 g/mol. The zero-order valence-corrected chi connectivity index (χ0v) is 18.6. The van der Waals surface area contributed by atoms with E-state index in [1.165, 1.54) is 0 Å². The van der Waals surface area contributed by atoms with E-state index in [1.807, 2.05) is 42.5 Å². The number of halogens is 2. The summed E-state index contributed by atoms with van der Waals surface area (Å²) in [5.74, 6) is 4.02. The minimum atomic E-state index is -2.88. The molecule has 0 aliphatic rings. The third-order valence-corrected chi connectivity index (χ3v) is 5.05. The van der Waals surface area contributed by atoms with E-state index >= 15 is 0 Å². The number of hydrogen-bond donors (Lipinski definition) is 2. The summed E-state index contributed by atoms with van der Waals surface area (Å²) in [6.07, 6.45) is 0. The largest absolute Gasteiger partial charge is 0.487 e. The molecule has 1 aromatic heterocycles. The van der Waals surface area contributed by atoms with Crippen LogP contribution in [0.4, 0.5) is 8.78 Å². The first kappa shape index (κ1) is 22.5. The molecule has 0 fully saturated rings. The Morgan fingerprint density at radius 3 is 2.39 bits per heavy atom. The van der Waals surface area contributed by atoms with Crippen molar-refractivity contribution in [1.29, 1.82) is 0 Å². The fraction of sp³-hybridized carbons (Fsp3) is 0.222. The summed E-state index contributed by atoms with van der Waals surface area (Å²) in [5, 5.41) is 10.5. The van der Waals surface area contributed by atoms with Crippen LogP contribution in [0.15, 0.2) is 66.7 Å². The van der Waals surface area contributed by atoms with Gasteiger partial charge in [-0.05, 0) is 72.9 Å². The van der Waals surface area contributed by atoms with Crippen LogP contribution in [0.2, 0.25) is 0 Å². The maximum atomic E-state index is 12.9. The van der Waals surface area contributed by atoms with Gasteiger partial charge in [-0.2, -0.15) is 0 Å². The molecule has 33 heavy (non-hydrogen) atoms. The van der Waals surface area contributed by atoms with Crippen molar-refractivity contribution in [3.8, 4) is 28.7 Å². The van der Waals surface area contributed by atoms with Gasteiger partial charge in [0.1, 0.15) is 5.75 Å². The highest BCUT2D eigenvalue weighted by molar-refractivity contribution is 5.83. The lowest BCUT2D eigenvalue weighted by atomic mass is 9.89. The topological polar surface area (TPSA) is 58.1 Å². The Bertz CT molecular complexity index is 1340. The van der Waals surface area contributed by atoms with Crippen LogP contribution in [-0.2, 0) is 5.60 Å². The molecule has 2 N–H and O–H groups in total. The van der Waals surface area contributed by atoms with Crippen LogP contribution < -0.4 is 4.74 Å². The van der Waals surface area contributed by atoms with Crippen molar-refractivity contribution in [2.24, 2.45) is 0 Å². The number of rotatable bonds is 5. The predicted molar refractivity (Wildman–Crippen MR) is 125 cm³/mol. The number of aromatic nitrogens is 2. The number of imidazole rings is 1. The fourth-order valence-corrected chi connectivity index (χ4v) is 3.48. The summed E-state index contributed by atoms with van der Waals surface area (Å²) in [6.45, 7) is 3.68. The zero-order valence-electron chi connectivity index (χ0n) is 18.6. The van der Waals surface area contributed by atoms with Crippen molar-refractivity contribution in [3.05, 3.63) is 83.7 Å². The quantitative estimate of drug-likeness (QED) is 0.376. The number of aromatic amines is 1. The number of aliphatic hydroxyl groups is 1. The summed E-state index contributed by atoms with van der Waals surface area (Å²) in [4.78, 5) is 7.78. The lowest BCUT2D eigenvalue weighted by molar-refractivity contribution is -0.0229. The summed E-state index contributed by atoms with van der Waals surface area (Å²) in [7, 11) is 0. The van der Waals surface area contributed by atoms with Crippen LogP contribution in [0.25, 0.3) is 22.2 Å². The number of fused-ring (bicyclic) bond motifs is 1. The molecule has 1 heterocycles. The first-order valence-corrected chi connectivity index (χ1v) is 10.5. The highest BCUT2D eigenvalue weighted by atomic mass is 19.3. The van der Waals surface area contributed by atoms with Gasteiger partial charge in [-0.1, -0.05) is 36.3 Å². The molecule has 0 aliphatic carbocycles. The number of nitrogens with one attached hydrogen (secondary N) is 1. The maximum Gasteiger partial charge on any atom is 0.278 e. The normalized spacial score (nSPS) is 11.8. The molecular formula is C27H24F2N2O2. The molecule has 0 amide bonds. The van der Waals surface area contributed by atoms with Crippen LogP contribution in [0.1, 0.15) is 37.7 Å². The highest BCUT2D eigenvalue weighted by Crippen LogP contribution is 2.32. The smallest absolute Gasteiger partial charge is 0.278 e. The average molecular weight is 446 g/mol. The molecule has 168 valence electrons. The van der Waals surface area contributed by atoms with E-state index in [0.717, 1.165) is 34.6 Å². The van der Waals surface area contributed by atoms with Gasteiger partial charge in [-0.25, -0.2) is 13.8 Å². The van der Waals surface area contributed by atoms with Crippen LogP contribution in [-0.4, -0.2) is 27.6 Å². The third kappa shape index (κ3) is 5.57. The zero-order chi connectivity index (χ0) is 23.6. The highest BCUT2D eigenvalue weighted by Gasteiger charge is 2.22. The van der Waals surface area contributed by atoms with Crippen LogP contribution >= 0.6 is 0 Å². The number of alkyl halides is 2. The minimum Gasteiger partial charge on any atom is -0.487 e. The van der Waals surface area contributed by atoms with Gasteiger partial charge in [0.2, 0.25) is 0 Å². The summed E-state index contributed by atoms with van der Waals surface area (Å²) < 4.78 is 30.9. The van der Waals surface area contributed by atoms with E-state index in [9.17, 15) is 13.9 Å². The second-order valence-electron chi connectivity index (χ2n) is 8.56. The van der Waals surface area contributed by atoms with Gasteiger partial charge < -0.3 is 14.8 Å². The van der Waals surface area contributed by atoms with Gasteiger partial charge >= 0.3 is 0 Å². The number of hydrogen-bond acceptors (Lipinski definition) is 3. The Morgan fingerprint density at radius 2 is 1.70 bits per heavy atom. The van der Waals surface area contributed by atoms with Crippen molar-refractivity contribution in [1.82, 2.24) is 9.97 Å². The average Bonchev–Trinajstić information content (AvgIpc) is 3.18. The minimum absolute atomic E-state index is 0.365. The van der Waals surface area contributed by atoms with Crippen molar-refractivity contribution in [2.45, 2.75) is 32.3 Å². The molecule has 0 bridgehead atoms. The molecule has 0 atom stereocenters. The molecule has 0 aliphatic heterocycles. The Labute approximate surface area is 191 Å². The Balaban J connectivity index is 1.56. The molecule has 4 aromatic rings. The number of benzene rings is 3. The number of H-pyrrole nitrogens is 1. The second-order valence-corrected chi connectivity index (χ2v) is 8.56. The lowest BCUT2D eigenvalue weighted by Gasteiger charge is -2.21. The van der Waals surface area contributed by atoms with Gasteiger partial charge in [0.25, 0.3) is 5.92 Å². The van der Waals surface area contributed by atoms with Gasteiger partial charge in [0.15, 0.2) is 12.4 Å². The summed E-state index contributed by atoms with van der Waals surface area (Å²) >= 11 is 0. The molecule has 0 unspecified atom stereocenters. The van der Waals surface area contributed by atoms with Gasteiger partial charge in [0, 0.05) is 12.5 Å². The number of ether oxygens (including phenoxy) is 1. The summed E-state index contributed by atoms with van der Waals surface area (Å²) in [6, 6.07) is 20.3. The Kier molecular flexibility index (Phi) is 5.92. The van der Waals surface area contributed by atoms with E-state index in [0.29, 0.717) is 17.1 Å². The molecule has 4 rings (SSSR count). The lowest BCUT2D eigenvalue weighted by Crippen LogP contribution is -2.20. The van der Waals surface area contributed by atoms with Crippen molar-refractivity contribution >= 4 is 11.0 Å². The van der Waals surface area contributed by atoms with Crippen molar-refractivity contribution in [2.75, 3.05) is 6.61 Å². The van der Waals surface area contributed by atoms with Crippen molar-refractivity contribution in [3.63, 3.8) is 0 Å². The summed E-state index contributed by atoms with van der Waals surface area (Å²) in [5.41, 5.74) is 4.12. The van der Waals surface area contributed by atoms with E-state index in [-0.39, 0.29) is 0 Å². The standard InChI is InChI=1S/C27H24F2N2O2/c1-26(2,32)22-7-5-4-6-21(22)19-11-14-23-24(16-19)31-25(30-23)15-10-18-8-12-20(13-9-18)33-17-27(3,28)29/h4-9,11-14,16,32H,17H2,1-3H3,(H,30,31). The predicted octanol–water partition coefficient (Wildman–Crippen LogP) is 5.89. The third-order valence-electron chi connectivity index (χ3n) is 5.05. The van der Waals surface area contributed by atoms with Gasteiger partial charge in [0.05, 0.1) is 16.6 Å². The van der Waals surface area contributed by atoms with Crippen LogP contribution in [0.3, 0.4) is 0 Å². The fourth-order valence-electron chi connectivity index (χ4n) is 3.48. The SMILES string of the molecule is CC(F)(F)COc1ccc(C#Cc2nc3cc(-c4ccccc4C(C)(C)O)ccc3[nH]2)cc1. The number of nitrogens with zero attached hydrogens (tertiary/aromatic N) is 1. The first-order valence-electron chi connectivity index (χ1n) is 10.5.